The molecule has 0 aliphatic rings. The molecule has 3 aromatic carbocycles. The van der Waals surface area contributed by atoms with E-state index in [1.165, 1.54) is 6.33 Å². The second-order valence-corrected chi connectivity index (χ2v) is 8.26. The molecule has 0 aliphatic carbocycles. The second kappa shape index (κ2) is 6.88. The maximum Gasteiger partial charge on any atom is 0.261 e. The van der Waals surface area contributed by atoms with Gasteiger partial charge in [0.05, 0.1) is 4.90 Å². The summed E-state index contributed by atoms with van der Waals surface area (Å²) in [6, 6.07) is 19.4. The fourth-order valence-corrected chi connectivity index (χ4v) is 4.15. The monoisotopic (exact) mass is 417 g/mol. The van der Waals surface area contributed by atoms with Crippen molar-refractivity contribution in [2.24, 2.45) is 0 Å². The number of nitrogens with one attached hydrogen (secondary N) is 1. The SMILES string of the molecule is O=S(=O)(Nc1ccc(-n2cnc(Cl)c2Cl)cc1)c1ccc2ccccc2c1. The first kappa shape index (κ1) is 17.9. The van der Waals surface area contributed by atoms with Gasteiger partial charge in [0, 0.05) is 11.4 Å². The molecular formula is C19H13Cl2N3O2S. The molecule has 1 N–H and O–H groups in total. The first-order chi connectivity index (χ1) is 12.9. The molecule has 0 fully saturated rings. The van der Waals surface area contributed by atoms with Crippen LogP contribution in [0.2, 0.25) is 10.3 Å². The van der Waals surface area contributed by atoms with E-state index in [1.54, 1.807) is 47.0 Å². The van der Waals surface area contributed by atoms with E-state index in [9.17, 15) is 8.42 Å². The molecular weight excluding hydrogens is 405 g/mol. The lowest BCUT2D eigenvalue weighted by Gasteiger charge is -2.10. The third-order valence-electron chi connectivity index (χ3n) is 4.10. The summed E-state index contributed by atoms with van der Waals surface area (Å²) < 4.78 is 29.6. The van der Waals surface area contributed by atoms with Crippen molar-refractivity contribution in [3.05, 3.63) is 83.4 Å². The maximum atomic E-state index is 12.7. The molecule has 0 spiro atoms. The first-order valence-electron chi connectivity index (χ1n) is 7.94. The highest BCUT2D eigenvalue weighted by Gasteiger charge is 2.15. The van der Waals surface area contributed by atoms with Gasteiger partial charge in [-0.25, -0.2) is 13.4 Å². The third-order valence-corrected chi connectivity index (χ3v) is 6.21. The molecule has 4 aromatic rings. The van der Waals surface area contributed by atoms with Gasteiger partial charge in [-0.2, -0.15) is 0 Å². The minimum absolute atomic E-state index is 0.203. The van der Waals surface area contributed by atoms with E-state index >= 15 is 0 Å². The molecule has 1 aromatic heterocycles. The zero-order valence-corrected chi connectivity index (χ0v) is 16.1. The summed E-state index contributed by atoms with van der Waals surface area (Å²) in [6.45, 7) is 0. The summed E-state index contributed by atoms with van der Waals surface area (Å²) in [4.78, 5) is 4.13. The van der Waals surface area contributed by atoms with Crippen LogP contribution in [0.3, 0.4) is 0 Å². The second-order valence-electron chi connectivity index (χ2n) is 5.86. The third kappa shape index (κ3) is 3.51. The van der Waals surface area contributed by atoms with Gasteiger partial charge in [-0.3, -0.25) is 9.29 Å². The molecule has 27 heavy (non-hydrogen) atoms. The number of aromatic nitrogens is 2. The van der Waals surface area contributed by atoms with Gasteiger partial charge >= 0.3 is 0 Å². The predicted octanol–water partition coefficient (Wildman–Crippen LogP) is 5.13. The Morgan fingerprint density at radius 3 is 2.26 bits per heavy atom. The normalized spacial score (nSPS) is 11.6. The molecule has 0 bridgehead atoms. The van der Waals surface area contributed by atoms with E-state index in [-0.39, 0.29) is 10.0 Å². The number of benzene rings is 3. The van der Waals surface area contributed by atoms with Crippen LogP contribution in [0.15, 0.2) is 78.0 Å². The van der Waals surface area contributed by atoms with E-state index in [1.807, 2.05) is 24.3 Å². The number of halogens is 2. The molecule has 0 amide bonds. The number of hydrogen-bond donors (Lipinski definition) is 1. The fourth-order valence-electron chi connectivity index (χ4n) is 2.73. The topological polar surface area (TPSA) is 64.0 Å². The van der Waals surface area contributed by atoms with Crippen molar-refractivity contribution in [2.45, 2.75) is 4.90 Å². The van der Waals surface area contributed by atoms with Gasteiger partial charge in [-0.05, 0) is 47.2 Å². The Bertz CT molecular complexity index is 1240. The highest BCUT2D eigenvalue weighted by molar-refractivity contribution is 7.92. The summed E-state index contributed by atoms with van der Waals surface area (Å²) in [6.07, 6.45) is 1.50. The Morgan fingerprint density at radius 1 is 0.889 bits per heavy atom. The van der Waals surface area contributed by atoms with Gasteiger partial charge in [0.25, 0.3) is 10.0 Å². The van der Waals surface area contributed by atoms with E-state index in [2.05, 4.69) is 9.71 Å². The van der Waals surface area contributed by atoms with Crippen molar-refractivity contribution < 1.29 is 8.42 Å². The summed E-state index contributed by atoms with van der Waals surface area (Å²) in [5.41, 5.74) is 1.15. The van der Waals surface area contributed by atoms with Gasteiger partial charge in [0.1, 0.15) is 6.33 Å². The Kier molecular flexibility index (Phi) is 4.55. The predicted molar refractivity (Wildman–Crippen MR) is 108 cm³/mol. The number of sulfonamides is 1. The summed E-state index contributed by atoms with van der Waals surface area (Å²) in [5.74, 6) is 0. The standard InChI is InChI=1S/C19H13Cl2N3O2S/c20-18-19(21)24(12-22-18)16-8-6-15(7-9-16)23-27(25,26)17-10-5-13-3-1-2-4-14(13)11-17/h1-12,23H. The zero-order valence-electron chi connectivity index (χ0n) is 13.8. The molecule has 0 radical (unpaired) electrons. The Morgan fingerprint density at radius 2 is 1.59 bits per heavy atom. The van der Waals surface area contributed by atoms with Crippen LogP contribution >= 0.6 is 23.2 Å². The Balaban J connectivity index is 1.61. The Hall–Kier alpha value is -2.54. The molecule has 5 nitrogen and oxygen atoms in total. The minimum Gasteiger partial charge on any atom is -0.288 e. The van der Waals surface area contributed by atoms with E-state index in [0.717, 1.165) is 10.8 Å². The molecule has 0 saturated carbocycles. The lowest BCUT2D eigenvalue weighted by molar-refractivity contribution is 0.601. The number of nitrogens with zero attached hydrogens (tertiary/aromatic N) is 2. The zero-order chi connectivity index (χ0) is 19.0. The van der Waals surface area contributed by atoms with Crippen LogP contribution in [0.1, 0.15) is 0 Å². The average Bonchev–Trinajstić information content (AvgIpc) is 3.00. The number of anilines is 1. The van der Waals surface area contributed by atoms with Gasteiger partial charge in [-0.1, -0.05) is 53.5 Å². The van der Waals surface area contributed by atoms with Crippen molar-refractivity contribution in [2.75, 3.05) is 4.72 Å². The van der Waals surface area contributed by atoms with E-state index in [4.69, 9.17) is 23.2 Å². The van der Waals surface area contributed by atoms with Crippen LogP contribution in [0, 0.1) is 0 Å². The van der Waals surface area contributed by atoms with Crippen LogP contribution in [0.4, 0.5) is 5.69 Å². The van der Waals surface area contributed by atoms with Crippen LogP contribution in [-0.2, 0) is 10.0 Å². The minimum atomic E-state index is -3.70. The van der Waals surface area contributed by atoms with Crippen LogP contribution in [-0.4, -0.2) is 18.0 Å². The lowest BCUT2D eigenvalue weighted by Crippen LogP contribution is -2.12. The van der Waals surface area contributed by atoms with Crippen molar-refractivity contribution in [3.63, 3.8) is 0 Å². The van der Waals surface area contributed by atoms with Crippen LogP contribution in [0.25, 0.3) is 16.5 Å². The van der Waals surface area contributed by atoms with Crippen LogP contribution in [0.5, 0.6) is 0 Å². The van der Waals surface area contributed by atoms with Gasteiger partial charge < -0.3 is 0 Å². The number of hydrogen-bond acceptors (Lipinski definition) is 3. The molecule has 4 rings (SSSR count). The lowest BCUT2D eigenvalue weighted by atomic mass is 10.1. The highest BCUT2D eigenvalue weighted by Crippen LogP contribution is 2.25. The summed E-state index contributed by atoms with van der Waals surface area (Å²) in [5, 5.41) is 2.35. The molecule has 136 valence electrons. The Labute approximate surface area is 166 Å². The van der Waals surface area contributed by atoms with Crippen molar-refractivity contribution in [3.8, 4) is 5.69 Å². The average molecular weight is 418 g/mol. The number of rotatable bonds is 4. The summed E-state index contributed by atoms with van der Waals surface area (Å²) >= 11 is 11.9. The van der Waals surface area contributed by atoms with E-state index in [0.29, 0.717) is 16.5 Å². The van der Waals surface area contributed by atoms with Crippen molar-refractivity contribution in [1.82, 2.24) is 9.55 Å². The molecule has 1 heterocycles. The number of fused-ring (bicyclic) bond motifs is 1. The molecule has 0 saturated heterocycles. The van der Waals surface area contributed by atoms with Gasteiger partial charge in [-0.15, -0.1) is 0 Å². The van der Waals surface area contributed by atoms with Gasteiger partial charge in [0.2, 0.25) is 0 Å². The van der Waals surface area contributed by atoms with E-state index < -0.39 is 10.0 Å². The molecule has 8 heteroatoms. The molecule has 0 atom stereocenters. The van der Waals surface area contributed by atoms with Crippen molar-refractivity contribution >= 4 is 49.7 Å². The smallest absolute Gasteiger partial charge is 0.261 e. The fraction of sp³-hybridized carbons (Fsp3) is 0. The maximum absolute atomic E-state index is 12.7. The number of imidazole rings is 1. The van der Waals surface area contributed by atoms with Gasteiger partial charge in [0.15, 0.2) is 10.3 Å². The highest BCUT2D eigenvalue weighted by atomic mass is 35.5. The van der Waals surface area contributed by atoms with Crippen molar-refractivity contribution in [1.29, 1.82) is 0 Å². The largest absolute Gasteiger partial charge is 0.288 e. The first-order valence-corrected chi connectivity index (χ1v) is 10.2. The van der Waals surface area contributed by atoms with Crippen LogP contribution < -0.4 is 4.72 Å². The summed E-state index contributed by atoms with van der Waals surface area (Å²) in [7, 11) is -3.70. The molecule has 0 unspecified atom stereocenters. The molecule has 0 aliphatic heterocycles. The quantitative estimate of drug-likeness (QED) is 0.500.